The summed E-state index contributed by atoms with van der Waals surface area (Å²) in [5, 5.41) is 12.7. The van der Waals surface area contributed by atoms with Crippen LogP contribution in [0.5, 0.6) is 0 Å². The summed E-state index contributed by atoms with van der Waals surface area (Å²) >= 11 is 12.7. The second-order valence-electron chi connectivity index (χ2n) is 7.54. The quantitative estimate of drug-likeness (QED) is 0.454. The molecule has 1 aliphatic rings. The summed E-state index contributed by atoms with van der Waals surface area (Å²) < 4.78 is 1.86. The zero-order valence-electron chi connectivity index (χ0n) is 16.2. The average molecular weight is 437 g/mol. The van der Waals surface area contributed by atoms with E-state index in [-0.39, 0.29) is 5.91 Å². The van der Waals surface area contributed by atoms with Crippen molar-refractivity contribution in [2.24, 2.45) is 0 Å². The Bertz CT molecular complexity index is 1270. The zero-order valence-corrected chi connectivity index (χ0v) is 17.7. The molecule has 0 bridgehead atoms. The number of aryl methyl sites for hydroxylation is 1. The van der Waals surface area contributed by atoms with Crippen LogP contribution in [0.4, 0.5) is 0 Å². The largest absolute Gasteiger partial charge is 0.349 e. The maximum Gasteiger partial charge on any atom is 0.251 e. The lowest BCUT2D eigenvalue weighted by atomic mass is 9.98. The van der Waals surface area contributed by atoms with Gasteiger partial charge in [-0.05, 0) is 72.9 Å². The second kappa shape index (κ2) is 7.42. The second-order valence-corrected chi connectivity index (χ2v) is 8.36. The molecule has 0 atom stereocenters. The van der Waals surface area contributed by atoms with Crippen LogP contribution in [0, 0.1) is 6.92 Å². The number of hydrogen-bond acceptors (Lipinski definition) is 3. The van der Waals surface area contributed by atoms with Gasteiger partial charge in [0.2, 0.25) is 0 Å². The molecule has 2 heterocycles. The molecule has 0 radical (unpaired) electrons. The number of nitrogens with one attached hydrogen (secondary N) is 1. The minimum absolute atomic E-state index is 0.0297. The van der Waals surface area contributed by atoms with E-state index in [1.54, 1.807) is 18.2 Å². The smallest absolute Gasteiger partial charge is 0.251 e. The first-order chi connectivity index (χ1) is 14.5. The molecule has 0 unspecified atom stereocenters. The van der Waals surface area contributed by atoms with Crippen LogP contribution in [-0.2, 0) is 0 Å². The van der Waals surface area contributed by atoms with E-state index in [0.29, 0.717) is 38.7 Å². The standard InChI is InChI=1S/C23H18Cl2N4O/c1-13-5-6-15(23(30)26-16-7-8-16)11-17(13)14-9-10-29-20(12-14)27-28-22(29)21-18(24)3-2-4-19(21)25/h2-6,9-12,16H,7-8H2,1H3,(H,26,30). The maximum atomic E-state index is 12.5. The van der Waals surface area contributed by atoms with Crippen LogP contribution in [0.3, 0.4) is 0 Å². The summed E-state index contributed by atoms with van der Waals surface area (Å²) in [7, 11) is 0. The molecular formula is C23H18Cl2N4O. The van der Waals surface area contributed by atoms with E-state index in [2.05, 4.69) is 15.5 Å². The zero-order chi connectivity index (χ0) is 20.8. The molecule has 1 amide bonds. The summed E-state index contributed by atoms with van der Waals surface area (Å²) in [5.41, 5.74) is 5.01. The van der Waals surface area contributed by atoms with Crippen molar-refractivity contribution >= 4 is 34.8 Å². The number of nitrogens with zero attached hydrogens (tertiary/aromatic N) is 3. The molecule has 1 N–H and O–H groups in total. The topological polar surface area (TPSA) is 59.3 Å². The molecule has 30 heavy (non-hydrogen) atoms. The minimum Gasteiger partial charge on any atom is -0.349 e. The Morgan fingerprint density at radius 3 is 2.57 bits per heavy atom. The van der Waals surface area contributed by atoms with Crippen LogP contribution in [0.15, 0.2) is 54.7 Å². The Kier molecular flexibility index (Phi) is 4.72. The van der Waals surface area contributed by atoms with Gasteiger partial charge < -0.3 is 5.32 Å². The number of pyridine rings is 1. The van der Waals surface area contributed by atoms with Crippen LogP contribution in [0.2, 0.25) is 10.0 Å². The number of benzene rings is 2. The maximum absolute atomic E-state index is 12.5. The summed E-state index contributed by atoms with van der Waals surface area (Å²) in [5.74, 6) is 0.555. The molecule has 1 saturated carbocycles. The van der Waals surface area contributed by atoms with E-state index in [4.69, 9.17) is 23.2 Å². The van der Waals surface area contributed by atoms with Crippen LogP contribution in [-0.4, -0.2) is 26.5 Å². The third-order valence-corrected chi connectivity index (χ3v) is 5.95. The lowest BCUT2D eigenvalue weighted by Gasteiger charge is -2.10. The normalized spacial score (nSPS) is 13.6. The number of halogens is 2. The Hall–Kier alpha value is -2.89. The fourth-order valence-corrected chi connectivity index (χ4v) is 4.08. The van der Waals surface area contributed by atoms with E-state index in [9.17, 15) is 4.79 Å². The van der Waals surface area contributed by atoms with Gasteiger partial charge in [0.15, 0.2) is 11.5 Å². The van der Waals surface area contributed by atoms with Crippen molar-refractivity contribution in [1.82, 2.24) is 19.9 Å². The molecule has 0 aliphatic heterocycles. The number of carbonyl (C=O) groups is 1. The van der Waals surface area contributed by atoms with Gasteiger partial charge in [-0.3, -0.25) is 9.20 Å². The van der Waals surface area contributed by atoms with Crippen LogP contribution >= 0.6 is 23.2 Å². The van der Waals surface area contributed by atoms with E-state index < -0.39 is 0 Å². The monoisotopic (exact) mass is 436 g/mol. The average Bonchev–Trinajstić information content (AvgIpc) is 3.45. The van der Waals surface area contributed by atoms with Crippen LogP contribution in [0.25, 0.3) is 28.2 Å². The molecular weight excluding hydrogens is 419 g/mol. The van der Waals surface area contributed by atoms with Crippen molar-refractivity contribution < 1.29 is 4.79 Å². The molecule has 7 heteroatoms. The predicted octanol–water partition coefficient (Wildman–Crippen LogP) is 5.57. The summed E-state index contributed by atoms with van der Waals surface area (Å²) in [6, 6.07) is 15.4. The summed E-state index contributed by atoms with van der Waals surface area (Å²) in [6.07, 6.45) is 4.02. The van der Waals surface area contributed by atoms with Gasteiger partial charge in [-0.25, -0.2) is 0 Å². The highest BCUT2D eigenvalue weighted by atomic mass is 35.5. The van der Waals surface area contributed by atoms with Crippen molar-refractivity contribution in [2.75, 3.05) is 0 Å². The summed E-state index contributed by atoms with van der Waals surface area (Å²) in [6.45, 7) is 2.03. The minimum atomic E-state index is -0.0297. The SMILES string of the molecule is Cc1ccc(C(=O)NC2CC2)cc1-c1ccn2c(-c3c(Cl)cccc3Cl)nnc2c1. The van der Waals surface area contributed by atoms with Gasteiger partial charge in [-0.15, -0.1) is 10.2 Å². The first-order valence-electron chi connectivity index (χ1n) is 9.72. The number of hydrogen-bond donors (Lipinski definition) is 1. The van der Waals surface area contributed by atoms with Gasteiger partial charge in [-0.1, -0.05) is 35.3 Å². The molecule has 5 nitrogen and oxygen atoms in total. The molecule has 150 valence electrons. The van der Waals surface area contributed by atoms with Crippen LogP contribution < -0.4 is 5.32 Å². The highest BCUT2D eigenvalue weighted by Gasteiger charge is 2.24. The highest BCUT2D eigenvalue weighted by molar-refractivity contribution is 6.39. The predicted molar refractivity (Wildman–Crippen MR) is 119 cm³/mol. The fourth-order valence-electron chi connectivity index (χ4n) is 3.51. The first kappa shape index (κ1) is 19.1. The summed E-state index contributed by atoms with van der Waals surface area (Å²) in [4.78, 5) is 12.5. The van der Waals surface area contributed by atoms with Crippen molar-refractivity contribution in [2.45, 2.75) is 25.8 Å². The number of aromatic nitrogens is 3. The molecule has 0 saturated heterocycles. The van der Waals surface area contributed by atoms with Gasteiger partial charge in [0, 0.05) is 17.8 Å². The van der Waals surface area contributed by atoms with Gasteiger partial charge in [0.1, 0.15) is 0 Å². The van der Waals surface area contributed by atoms with Gasteiger partial charge >= 0.3 is 0 Å². The molecule has 5 rings (SSSR count). The Balaban J connectivity index is 1.56. The van der Waals surface area contributed by atoms with E-state index in [0.717, 1.165) is 29.5 Å². The van der Waals surface area contributed by atoms with Gasteiger partial charge in [0.25, 0.3) is 5.91 Å². The highest BCUT2D eigenvalue weighted by Crippen LogP contribution is 2.34. The number of amides is 1. The Labute approximate surface area is 183 Å². The number of carbonyl (C=O) groups excluding carboxylic acids is 1. The van der Waals surface area contributed by atoms with Crippen LogP contribution in [0.1, 0.15) is 28.8 Å². The first-order valence-corrected chi connectivity index (χ1v) is 10.5. The molecule has 1 fully saturated rings. The van der Waals surface area contributed by atoms with Crippen molar-refractivity contribution in [1.29, 1.82) is 0 Å². The van der Waals surface area contributed by atoms with Crippen molar-refractivity contribution in [3.8, 4) is 22.5 Å². The molecule has 0 spiro atoms. The Morgan fingerprint density at radius 1 is 1.07 bits per heavy atom. The van der Waals surface area contributed by atoms with Gasteiger partial charge in [-0.2, -0.15) is 0 Å². The number of rotatable bonds is 4. The van der Waals surface area contributed by atoms with E-state index in [1.807, 2.05) is 47.9 Å². The Morgan fingerprint density at radius 2 is 1.83 bits per heavy atom. The molecule has 2 aromatic heterocycles. The number of fused-ring (bicyclic) bond motifs is 1. The van der Waals surface area contributed by atoms with Gasteiger partial charge in [0.05, 0.1) is 15.6 Å². The molecule has 4 aromatic rings. The molecule has 1 aliphatic carbocycles. The molecule has 2 aromatic carbocycles. The third kappa shape index (κ3) is 3.44. The third-order valence-electron chi connectivity index (χ3n) is 5.32. The lowest BCUT2D eigenvalue weighted by molar-refractivity contribution is 0.0951. The van der Waals surface area contributed by atoms with Crippen molar-refractivity contribution in [3.05, 3.63) is 75.9 Å². The van der Waals surface area contributed by atoms with E-state index >= 15 is 0 Å². The fraction of sp³-hybridized carbons (Fsp3) is 0.174. The van der Waals surface area contributed by atoms with Crippen molar-refractivity contribution in [3.63, 3.8) is 0 Å². The lowest BCUT2D eigenvalue weighted by Crippen LogP contribution is -2.25. The van der Waals surface area contributed by atoms with E-state index in [1.165, 1.54) is 0 Å².